The first-order valence-corrected chi connectivity index (χ1v) is 10.7. The maximum Gasteiger partial charge on any atom is 0.242 e. The number of amides is 2. The third kappa shape index (κ3) is 7.54. The number of hydrogen-bond acceptors (Lipinski definition) is 2. The van der Waals surface area contributed by atoms with Gasteiger partial charge in [0.2, 0.25) is 11.8 Å². The van der Waals surface area contributed by atoms with Gasteiger partial charge in [-0.1, -0.05) is 73.5 Å². The number of benzene rings is 2. The minimum absolute atomic E-state index is 0.0287. The molecule has 0 saturated carbocycles. The van der Waals surface area contributed by atoms with E-state index < -0.39 is 6.04 Å². The molecule has 2 aromatic rings. The number of carbonyl (C=O) groups is 2. The molecule has 29 heavy (non-hydrogen) atoms. The summed E-state index contributed by atoms with van der Waals surface area (Å²) in [5.74, 6) is -0.128. The monoisotopic (exact) mass is 414 g/mol. The zero-order valence-electron chi connectivity index (χ0n) is 17.4. The van der Waals surface area contributed by atoms with Crippen LogP contribution in [-0.2, 0) is 22.4 Å². The second-order valence-corrected chi connectivity index (χ2v) is 7.64. The maximum atomic E-state index is 13.0. The van der Waals surface area contributed by atoms with Gasteiger partial charge in [0.05, 0.1) is 0 Å². The first-order valence-electron chi connectivity index (χ1n) is 10.4. The fourth-order valence-electron chi connectivity index (χ4n) is 3.19. The molecule has 0 aliphatic heterocycles. The number of nitrogens with zero attached hydrogens (tertiary/aromatic N) is 1. The molecular formula is C24H31ClN2O2. The predicted molar refractivity (Wildman–Crippen MR) is 119 cm³/mol. The fraction of sp³-hybridized carbons (Fsp3) is 0.417. The molecule has 1 N–H and O–H groups in total. The summed E-state index contributed by atoms with van der Waals surface area (Å²) in [5.41, 5.74) is 2.10. The molecule has 2 aromatic carbocycles. The summed E-state index contributed by atoms with van der Waals surface area (Å²) in [6.45, 7) is 5.04. The lowest BCUT2D eigenvalue weighted by molar-refractivity contribution is -0.139. The highest BCUT2D eigenvalue weighted by Crippen LogP contribution is 2.17. The Labute approximate surface area is 179 Å². The quantitative estimate of drug-likeness (QED) is 0.544. The zero-order valence-corrected chi connectivity index (χ0v) is 18.1. The Kier molecular flexibility index (Phi) is 9.72. The summed E-state index contributed by atoms with van der Waals surface area (Å²) in [6, 6.07) is 17.1. The van der Waals surface area contributed by atoms with Gasteiger partial charge in [-0.15, -0.1) is 0 Å². The first kappa shape index (κ1) is 23.0. The van der Waals surface area contributed by atoms with E-state index in [1.807, 2.05) is 54.6 Å². The van der Waals surface area contributed by atoms with E-state index in [0.717, 1.165) is 24.0 Å². The molecule has 0 saturated heterocycles. The molecule has 0 spiro atoms. The van der Waals surface area contributed by atoms with Crippen molar-refractivity contribution in [3.8, 4) is 0 Å². The van der Waals surface area contributed by atoms with Crippen molar-refractivity contribution in [2.24, 2.45) is 0 Å². The second kappa shape index (κ2) is 12.3. The van der Waals surface area contributed by atoms with Crippen LogP contribution in [0, 0.1) is 0 Å². The highest BCUT2D eigenvalue weighted by atomic mass is 35.5. The Morgan fingerprint density at radius 3 is 2.41 bits per heavy atom. The van der Waals surface area contributed by atoms with Crippen LogP contribution in [0.2, 0.25) is 5.02 Å². The van der Waals surface area contributed by atoms with Gasteiger partial charge in [0.25, 0.3) is 0 Å². The van der Waals surface area contributed by atoms with Gasteiger partial charge < -0.3 is 10.2 Å². The summed E-state index contributed by atoms with van der Waals surface area (Å²) in [4.78, 5) is 27.3. The Bertz CT molecular complexity index is 779. The SMILES string of the molecule is CCCCNC(=O)C(C)N(CCc1ccccc1)C(=O)CCc1ccccc1Cl. The van der Waals surface area contributed by atoms with Gasteiger partial charge in [0.1, 0.15) is 6.04 Å². The van der Waals surface area contributed by atoms with Crippen molar-refractivity contribution in [3.05, 3.63) is 70.7 Å². The van der Waals surface area contributed by atoms with Gasteiger partial charge >= 0.3 is 0 Å². The molecule has 0 fully saturated rings. The molecule has 1 atom stereocenters. The summed E-state index contributed by atoms with van der Waals surface area (Å²) in [6.07, 6.45) is 3.55. The highest BCUT2D eigenvalue weighted by molar-refractivity contribution is 6.31. The lowest BCUT2D eigenvalue weighted by Crippen LogP contribution is -2.49. The van der Waals surface area contributed by atoms with Crippen LogP contribution in [0.1, 0.15) is 44.2 Å². The van der Waals surface area contributed by atoms with Gasteiger partial charge in [-0.2, -0.15) is 0 Å². The van der Waals surface area contributed by atoms with Crippen molar-refractivity contribution < 1.29 is 9.59 Å². The third-order valence-electron chi connectivity index (χ3n) is 5.05. The minimum Gasteiger partial charge on any atom is -0.354 e. The van der Waals surface area contributed by atoms with E-state index >= 15 is 0 Å². The van der Waals surface area contributed by atoms with Crippen LogP contribution in [0.4, 0.5) is 0 Å². The molecule has 2 rings (SSSR count). The molecule has 4 nitrogen and oxygen atoms in total. The normalized spacial score (nSPS) is 11.7. The summed E-state index contributed by atoms with van der Waals surface area (Å²) in [7, 11) is 0. The van der Waals surface area contributed by atoms with Crippen molar-refractivity contribution >= 4 is 23.4 Å². The van der Waals surface area contributed by atoms with Crippen LogP contribution < -0.4 is 5.32 Å². The smallest absolute Gasteiger partial charge is 0.242 e. The Balaban J connectivity index is 2.04. The third-order valence-corrected chi connectivity index (χ3v) is 5.42. The average Bonchev–Trinajstić information content (AvgIpc) is 2.74. The summed E-state index contributed by atoms with van der Waals surface area (Å²) >= 11 is 6.22. The van der Waals surface area contributed by atoms with Crippen molar-refractivity contribution in [2.75, 3.05) is 13.1 Å². The molecule has 0 aliphatic rings. The summed E-state index contributed by atoms with van der Waals surface area (Å²) < 4.78 is 0. The van der Waals surface area contributed by atoms with Crippen molar-refractivity contribution in [2.45, 2.75) is 52.0 Å². The Morgan fingerprint density at radius 2 is 1.72 bits per heavy atom. The van der Waals surface area contributed by atoms with Crippen molar-refractivity contribution in [1.82, 2.24) is 10.2 Å². The van der Waals surface area contributed by atoms with E-state index in [1.54, 1.807) is 11.8 Å². The molecule has 0 bridgehead atoms. The average molecular weight is 415 g/mol. The van der Waals surface area contributed by atoms with Crippen LogP contribution >= 0.6 is 11.6 Å². The van der Waals surface area contributed by atoms with Crippen LogP contribution in [0.3, 0.4) is 0 Å². The Hall–Kier alpha value is -2.33. The van der Waals surface area contributed by atoms with Crippen molar-refractivity contribution in [1.29, 1.82) is 0 Å². The fourth-order valence-corrected chi connectivity index (χ4v) is 3.42. The van der Waals surface area contributed by atoms with Gasteiger partial charge in [0.15, 0.2) is 0 Å². The molecular weight excluding hydrogens is 384 g/mol. The predicted octanol–water partition coefficient (Wildman–Crippen LogP) is 4.65. The van der Waals surface area contributed by atoms with E-state index in [9.17, 15) is 9.59 Å². The lowest BCUT2D eigenvalue weighted by atomic mass is 10.1. The number of hydrogen-bond donors (Lipinski definition) is 1. The maximum absolute atomic E-state index is 13.0. The molecule has 0 aliphatic carbocycles. The number of carbonyl (C=O) groups excluding carboxylic acids is 2. The van der Waals surface area contributed by atoms with E-state index in [0.29, 0.717) is 37.4 Å². The largest absolute Gasteiger partial charge is 0.354 e. The van der Waals surface area contributed by atoms with Gasteiger partial charge in [-0.3, -0.25) is 9.59 Å². The standard InChI is InChI=1S/C24H31ClN2O2/c1-3-4-17-26-24(29)19(2)27(18-16-20-10-6-5-7-11-20)23(28)15-14-21-12-8-9-13-22(21)25/h5-13,19H,3-4,14-18H2,1-2H3,(H,26,29). The molecule has 2 amide bonds. The van der Waals surface area contributed by atoms with E-state index in [1.165, 1.54) is 0 Å². The van der Waals surface area contributed by atoms with Gasteiger partial charge in [-0.05, 0) is 43.4 Å². The second-order valence-electron chi connectivity index (χ2n) is 7.23. The number of rotatable bonds is 11. The summed E-state index contributed by atoms with van der Waals surface area (Å²) in [5, 5.41) is 3.61. The molecule has 5 heteroatoms. The minimum atomic E-state index is -0.505. The molecule has 0 aromatic heterocycles. The van der Waals surface area contributed by atoms with Gasteiger partial charge in [0, 0.05) is 24.5 Å². The lowest BCUT2D eigenvalue weighted by Gasteiger charge is -2.29. The molecule has 0 radical (unpaired) electrons. The number of aryl methyl sites for hydroxylation is 1. The topological polar surface area (TPSA) is 49.4 Å². The zero-order chi connectivity index (χ0) is 21.1. The molecule has 0 heterocycles. The van der Waals surface area contributed by atoms with Crippen LogP contribution in [0.5, 0.6) is 0 Å². The first-order chi connectivity index (χ1) is 14.0. The highest BCUT2D eigenvalue weighted by Gasteiger charge is 2.25. The molecule has 156 valence electrons. The number of unbranched alkanes of at least 4 members (excludes halogenated alkanes) is 1. The van der Waals surface area contributed by atoms with E-state index in [-0.39, 0.29) is 11.8 Å². The molecule has 1 unspecified atom stereocenters. The van der Waals surface area contributed by atoms with E-state index in [4.69, 9.17) is 11.6 Å². The Morgan fingerprint density at radius 1 is 1.03 bits per heavy atom. The number of halogens is 1. The van der Waals surface area contributed by atoms with Crippen molar-refractivity contribution in [3.63, 3.8) is 0 Å². The van der Waals surface area contributed by atoms with Crippen LogP contribution in [0.25, 0.3) is 0 Å². The van der Waals surface area contributed by atoms with Crippen LogP contribution in [-0.4, -0.2) is 35.8 Å². The number of nitrogens with one attached hydrogen (secondary N) is 1. The van der Waals surface area contributed by atoms with Crippen LogP contribution in [0.15, 0.2) is 54.6 Å². The van der Waals surface area contributed by atoms with Gasteiger partial charge in [-0.25, -0.2) is 0 Å². The van der Waals surface area contributed by atoms with E-state index in [2.05, 4.69) is 12.2 Å².